The van der Waals surface area contributed by atoms with Gasteiger partial charge in [0, 0.05) is 12.0 Å². The van der Waals surface area contributed by atoms with E-state index in [0.29, 0.717) is 13.2 Å². The van der Waals surface area contributed by atoms with Crippen LogP contribution in [0.2, 0.25) is 0 Å². The van der Waals surface area contributed by atoms with E-state index >= 15 is 0 Å². The quantitative estimate of drug-likeness (QED) is 0.632. The van der Waals surface area contributed by atoms with Gasteiger partial charge < -0.3 is 4.74 Å². The molecule has 0 bridgehead atoms. The van der Waals surface area contributed by atoms with Crippen molar-refractivity contribution in [1.29, 1.82) is 0 Å². The summed E-state index contributed by atoms with van der Waals surface area (Å²) >= 11 is 5.09. The van der Waals surface area contributed by atoms with Gasteiger partial charge in [-0.25, -0.2) is 0 Å². The maximum atomic E-state index is 5.10. The van der Waals surface area contributed by atoms with Crippen molar-refractivity contribution in [2.45, 2.75) is 6.54 Å². The lowest BCUT2D eigenvalue weighted by molar-refractivity contribution is 0.00387. The Bertz CT molecular complexity index is 242. The average molecular weight is 266 g/mol. The van der Waals surface area contributed by atoms with Gasteiger partial charge in [-0.1, -0.05) is 0 Å². The number of rotatable bonds is 6. The molecule has 0 aliphatic rings. The second kappa shape index (κ2) is 6.50. The molecule has 0 unspecified atom stereocenters. The van der Waals surface area contributed by atoms with Crippen LogP contribution in [-0.4, -0.2) is 20.3 Å². The highest BCUT2D eigenvalue weighted by molar-refractivity contribution is 9.11. The summed E-state index contributed by atoms with van der Waals surface area (Å²) in [6.45, 7) is 1.92. The number of methoxy groups -OCH3 is 1. The molecule has 0 aromatic carbocycles. The van der Waals surface area contributed by atoms with Crippen LogP contribution in [0.4, 0.5) is 0 Å². The molecule has 3 nitrogen and oxygen atoms in total. The molecule has 0 radical (unpaired) electrons. The minimum atomic E-state index is 0.572. The maximum absolute atomic E-state index is 5.10. The highest BCUT2D eigenvalue weighted by Gasteiger charge is 1.96. The van der Waals surface area contributed by atoms with Crippen LogP contribution in [0, 0.1) is 0 Å². The second-order valence-corrected chi connectivity index (χ2v) is 4.92. The van der Waals surface area contributed by atoms with E-state index in [0.717, 1.165) is 10.3 Å². The van der Waals surface area contributed by atoms with E-state index in [4.69, 9.17) is 9.57 Å². The summed E-state index contributed by atoms with van der Waals surface area (Å²) in [5.74, 6) is 0. The summed E-state index contributed by atoms with van der Waals surface area (Å²) in [4.78, 5) is 6.34. The van der Waals surface area contributed by atoms with Gasteiger partial charge in [-0.3, -0.25) is 4.84 Å². The van der Waals surface area contributed by atoms with Crippen LogP contribution < -0.4 is 5.48 Å². The SMILES string of the molecule is COCCONCc1ccc(Br)s1. The third-order valence-electron chi connectivity index (χ3n) is 1.37. The number of hydrogen-bond acceptors (Lipinski definition) is 4. The molecular weight excluding hydrogens is 254 g/mol. The summed E-state index contributed by atoms with van der Waals surface area (Å²) in [5.41, 5.74) is 2.86. The van der Waals surface area contributed by atoms with Crippen molar-refractivity contribution in [1.82, 2.24) is 5.48 Å². The van der Waals surface area contributed by atoms with Gasteiger partial charge in [-0.05, 0) is 28.1 Å². The maximum Gasteiger partial charge on any atom is 0.0916 e. The van der Waals surface area contributed by atoms with E-state index in [1.54, 1.807) is 18.4 Å². The fourth-order valence-electron chi connectivity index (χ4n) is 0.766. The van der Waals surface area contributed by atoms with E-state index in [9.17, 15) is 0 Å². The van der Waals surface area contributed by atoms with E-state index in [-0.39, 0.29) is 0 Å². The number of thiophene rings is 1. The summed E-state index contributed by atoms with van der Waals surface area (Å²) in [6, 6.07) is 4.08. The normalized spacial score (nSPS) is 10.6. The molecule has 1 N–H and O–H groups in total. The van der Waals surface area contributed by atoms with Crippen LogP contribution in [0.1, 0.15) is 4.88 Å². The smallest absolute Gasteiger partial charge is 0.0916 e. The van der Waals surface area contributed by atoms with E-state index in [2.05, 4.69) is 27.5 Å². The first-order valence-electron chi connectivity index (χ1n) is 3.90. The fourth-order valence-corrected chi connectivity index (χ4v) is 2.18. The summed E-state index contributed by atoms with van der Waals surface area (Å²) in [7, 11) is 1.65. The highest BCUT2D eigenvalue weighted by Crippen LogP contribution is 2.21. The fraction of sp³-hybridized carbons (Fsp3) is 0.500. The Morgan fingerprint density at radius 2 is 2.31 bits per heavy atom. The minimum Gasteiger partial charge on any atom is -0.382 e. The molecule has 1 heterocycles. The van der Waals surface area contributed by atoms with Crippen LogP contribution in [0.15, 0.2) is 15.9 Å². The zero-order chi connectivity index (χ0) is 9.52. The van der Waals surface area contributed by atoms with Gasteiger partial charge in [-0.15, -0.1) is 11.3 Å². The second-order valence-electron chi connectivity index (χ2n) is 2.37. The molecule has 0 amide bonds. The molecule has 0 aliphatic heterocycles. The van der Waals surface area contributed by atoms with E-state index in [1.807, 2.05) is 6.07 Å². The van der Waals surface area contributed by atoms with Gasteiger partial charge in [0.25, 0.3) is 0 Å². The Labute approximate surface area is 90.1 Å². The van der Waals surface area contributed by atoms with Gasteiger partial charge in [0.2, 0.25) is 0 Å². The molecule has 0 aliphatic carbocycles. The van der Waals surface area contributed by atoms with Crippen molar-refractivity contribution in [2.75, 3.05) is 20.3 Å². The van der Waals surface area contributed by atoms with Crippen LogP contribution in [-0.2, 0) is 16.1 Å². The number of ether oxygens (including phenoxy) is 1. The molecule has 0 spiro atoms. The predicted octanol–water partition coefficient (Wildman–Crippen LogP) is 2.18. The van der Waals surface area contributed by atoms with Gasteiger partial charge in [0.15, 0.2) is 0 Å². The van der Waals surface area contributed by atoms with Crippen LogP contribution in [0.3, 0.4) is 0 Å². The molecule has 0 fully saturated rings. The Balaban J connectivity index is 2.06. The first-order chi connectivity index (χ1) is 6.33. The van der Waals surface area contributed by atoms with Crippen molar-refractivity contribution in [3.05, 3.63) is 20.8 Å². The lowest BCUT2D eigenvalue weighted by Crippen LogP contribution is -2.16. The minimum absolute atomic E-state index is 0.572. The summed E-state index contributed by atoms with van der Waals surface area (Å²) in [5, 5.41) is 0. The average Bonchev–Trinajstić information content (AvgIpc) is 2.51. The lowest BCUT2D eigenvalue weighted by atomic mass is 10.5. The molecule has 0 saturated carbocycles. The molecule has 74 valence electrons. The summed E-state index contributed by atoms with van der Waals surface area (Å²) in [6.07, 6.45) is 0. The number of nitrogens with one attached hydrogen (secondary N) is 1. The largest absolute Gasteiger partial charge is 0.382 e. The molecule has 1 aromatic heterocycles. The van der Waals surface area contributed by atoms with E-state index in [1.165, 1.54) is 4.88 Å². The first-order valence-corrected chi connectivity index (χ1v) is 5.51. The molecule has 1 rings (SSSR count). The van der Waals surface area contributed by atoms with Gasteiger partial charge in [-0.2, -0.15) is 5.48 Å². The Hall–Kier alpha value is 0.0600. The molecule has 1 aromatic rings. The van der Waals surface area contributed by atoms with Crippen molar-refractivity contribution in [3.63, 3.8) is 0 Å². The standard InChI is InChI=1S/C8H12BrNO2S/c1-11-4-5-12-10-6-7-2-3-8(9)13-7/h2-3,10H,4-6H2,1H3. The zero-order valence-electron chi connectivity index (χ0n) is 7.38. The molecule has 5 heteroatoms. The third kappa shape index (κ3) is 4.73. The number of hydrogen-bond donors (Lipinski definition) is 1. The highest BCUT2D eigenvalue weighted by atomic mass is 79.9. The lowest BCUT2D eigenvalue weighted by Gasteiger charge is -2.02. The molecule has 13 heavy (non-hydrogen) atoms. The first kappa shape index (κ1) is 11.1. The van der Waals surface area contributed by atoms with Crippen molar-refractivity contribution < 1.29 is 9.57 Å². The van der Waals surface area contributed by atoms with Crippen LogP contribution in [0.5, 0.6) is 0 Å². The monoisotopic (exact) mass is 265 g/mol. The molecular formula is C8H12BrNO2S. The Morgan fingerprint density at radius 3 is 2.92 bits per heavy atom. The third-order valence-corrected chi connectivity index (χ3v) is 2.99. The molecule has 0 saturated heterocycles. The topological polar surface area (TPSA) is 30.5 Å². The van der Waals surface area contributed by atoms with Gasteiger partial charge >= 0.3 is 0 Å². The Kier molecular flexibility index (Phi) is 5.57. The van der Waals surface area contributed by atoms with Gasteiger partial charge in [0.05, 0.1) is 23.5 Å². The molecule has 0 atom stereocenters. The van der Waals surface area contributed by atoms with Gasteiger partial charge in [0.1, 0.15) is 0 Å². The van der Waals surface area contributed by atoms with Crippen molar-refractivity contribution in [2.24, 2.45) is 0 Å². The zero-order valence-corrected chi connectivity index (χ0v) is 9.78. The Morgan fingerprint density at radius 1 is 1.46 bits per heavy atom. The van der Waals surface area contributed by atoms with Crippen LogP contribution >= 0.6 is 27.3 Å². The summed E-state index contributed by atoms with van der Waals surface area (Å²) < 4.78 is 5.97. The number of halogens is 1. The predicted molar refractivity (Wildman–Crippen MR) is 56.7 cm³/mol. The van der Waals surface area contributed by atoms with Crippen LogP contribution in [0.25, 0.3) is 0 Å². The van der Waals surface area contributed by atoms with Crippen molar-refractivity contribution in [3.8, 4) is 0 Å². The van der Waals surface area contributed by atoms with E-state index < -0.39 is 0 Å². The number of hydroxylamine groups is 1. The van der Waals surface area contributed by atoms with Crippen molar-refractivity contribution >= 4 is 27.3 Å².